The molecule has 1 aliphatic heterocycles. The van der Waals surface area contributed by atoms with Crippen LogP contribution >= 0.6 is 0 Å². The van der Waals surface area contributed by atoms with E-state index < -0.39 is 0 Å². The summed E-state index contributed by atoms with van der Waals surface area (Å²) in [4.78, 5) is 14.4. The molecule has 1 fully saturated rings. The van der Waals surface area contributed by atoms with Gasteiger partial charge in [0.15, 0.2) is 0 Å². The Morgan fingerprint density at radius 2 is 2.24 bits per heavy atom. The van der Waals surface area contributed by atoms with Crippen LogP contribution in [-0.4, -0.2) is 30.4 Å². The Labute approximate surface area is 127 Å². The highest BCUT2D eigenvalue weighted by atomic mass is 16.1. The molecule has 0 spiro atoms. The molecule has 0 atom stereocenters. The van der Waals surface area contributed by atoms with E-state index >= 15 is 0 Å². The van der Waals surface area contributed by atoms with E-state index in [1.165, 1.54) is 19.4 Å². The highest BCUT2D eigenvalue weighted by Gasteiger charge is 2.25. The lowest BCUT2D eigenvalue weighted by molar-refractivity contribution is -0.116. The smallest absolute Gasteiger partial charge is 0.224 e. The summed E-state index contributed by atoms with van der Waals surface area (Å²) in [7, 11) is 0. The number of benzene rings is 1. The summed E-state index contributed by atoms with van der Waals surface area (Å²) in [5, 5.41) is 2.90. The molecule has 116 valence electrons. The molecule has 21 heavy (non-hydrogen) atoms. The third kappa shape index (κ3) is 5.38. The van der Waals surface area contributed by atoms with Crippen molar-refractivity contribution in [3.8, 4) is 0 Å². The van der Waals surface area contributed by atoms with Crippen LogP contribution in [0.5, 0.6) is 0 Å². The van der Waals surface area contributed by atoms with Gasteiger partial charge in [0, 0.05) is 24.3 Å². The van der Waals surface area contributed by atoms with E-state index in [1.54, 1.807) is 6.07 Å². The second-order valence-electron chi connectivity index (χ2n) is 6.82. The number of hydrogen-bond acceptors (Lipinski definition) is 3. The number of amides is 1. The minimum absolute atomic E-state index is 0.0665. The van der Waals surface area contributed by atoms with E-state index in [4.69, 9.17) is 5.73 Å². The topological polar surface area (TPSA) is 58.4 Å². The summed E-state index contributed by atoms with van der Waals surface area (Å²) in [6.45, 7) is 7.97. The molecular formula is C17H27N3O. The highest BCUT2D eigenvalue weighted by Crippen LogP contribution is 2.28. The minimum atomic E-state index is 0.0665. The lowest BCUT2D eigenvalue weighted by atomic mass is 9.84. The van der Waals surface area contributed by atoms with Crippen LogP contribution in [0.4, 0.5) is 11.4 Å². The Bertz CT molecular complexity index is 485. The molecule has 1 aliphatic rings. The number of carbonyl (C=O) groups is 1. The molecule has 0 radical (unpaired) electrons. The van der Waals surface area contributed by atoms with Crippen molar-refractivity contribution in [3.63, 3.8) is 0 Å². The fourth-order valence-electron chi connectivity index (χ4n) is 3.04. The molecule has 4 nitrogen and oxygen atoms in total. The number of piperidine rings is 1. The van der Waals surface area contributed by atoms with Crippen molar-refractivity contribution in [3.05, 3.63) is 24.3 Å². The van der Waals surface area contributed by atoms with E-state index in [-0.39, 0.29) is 5.91 Å². The molecule has 0 unspecified atom stereocenters. The zero-order valence-corrected chi connectivity index (χ0v) is 13.2. The van der Waals surface area contributed by atoms with Gasteiger partial charge in [0.05, 0.1) is 0 Å². The van der Waals surface area contributed by atoms with E-state index in [2.05, 4.69) is 24.1 Å². The number of hydrogen-bond donors (Lipinski definition) is 2. The zero-order valence-electron chi connectivity index (χ0n) is 13.2. The van der Waals surface area contributed by atoms with Crippen molar-refractivity contribution in [2.75, 3.05) is 30.7 Å². The summed E-state index contributed by atoms with van der Waals surface area (Å²) >= 11 is 0. The number of carbonyl (C=O) groups excluding carboxylic acids is 1. The molecule has 1 heterocycles. The highest BCUT2D eigenvalue weighted by molar-refractivity contribution is 5.91. The third-order valence-corrected chi connectivity index (χ3v) is 4.03. The quantitative estimate of drug-likeness (QED) is 0.819. The first-order valence-electron chi connectivity index (χ1n) is 7.82. The van der Waals surface area contributed by atoms with Gasteiger partial charge in [-0.25, -0.2) is 0 Å². The van der Waals surface area contributed by atoms with Gasteiger partial charge in [0.2, 0.25) is 5.91 Å². The maximum absolute atomic E-state index is 11.9. The predicted octanol–water partition coefficient (Wildman–Crippen LogP) is 3.11. The average Bonchev–Trinajstić information content (AvgIpc) is 2.37. The lowest BCUT2D eigenvalue weighted by Gasteiger charge is -2.38. The maximum atomic E-state index is 11.9. The van der Waals surface area contributed by atoms with Gasteiger partial charge in [-0.1, -0.05) is 19.9 Å². The van der Waals surface area contributed by atoms with Crippen molar-refractivity contribution < 1.29 is 4.79 Å². The molecule has 1 amide bonds. The van der Waals surface area contributed by atoms with Crippen molar-refractivity contribution in [2.45, 2.75) is 39.5 Å². The van der Waals surface area contributed by atoms with Gasteiger partial charge in [-0.15, -0.1) is 0 Å². The number of likely N-dealkylation sites (tertiary alicyclic amines) is 1. The number of nitrogen functional groups attached to an aromatic ring is 1. The Morgan fingerprint density at radius 3 is 2.95 bits per heavy atom. The molecule has 0 saturated carbocycles. The van der Waals surface area contributed by atoms with Gasteiger partial charge in [-0.05, 0) is 56.0 Å². The van der Waals surface area contributed by atoms with Crippen LogP contribution in [0.2, 0.25) is 0 Å². The molecular weight excluding hydrogens is 262 g/mol. The van der Waals surface area contributed by atoms with E-state index in [0.717, 1.165) is 25.2 Å². The van der Waals surface area contributed by atoms with Crippen molar-refractivity contribution in [1.82, 2.24) is 4.90 Å². The number of nitrogens with one attached hydrogen (secondary N) is 1. The van der Waals surface area contributed by atoms with Gasteiger partial charge in [0.25, 0.3) is 0 Å². The van der Waals surface area contributed by atoms with Crippen LogP contribution < -0.4 is 11.1 Å². The largest absolute Gasteiger partial charge is 0.399 e. The predicted molar refractivity (Wildman–Crippen MR) is 88.2 cm³/mol. The van der Waals surface area contributed by atoms with Gasteiger partial charge in [-0.3, -0.25) is 4.79 Å². The molecule has 3 N–H and O–H groups in total. The fourth-order valence-corrected chi connectivity index (χ4v) is 3.04. The number of nitrogens with two attached hydrogens (primary N) is 1. The zero-order chi connectivity index (χ0) is 15.3. The normalized spacial score (nSPS) is 18.4. The molecule has 0 aliphatic carbocycles. The molecule has 1 saturated heterocycles. The van der Waals surface area contributed by atoms with Crippen LogP contribution in [-0.2, 0) is 4.79 Å². The first-order chi connectivity index (χ1) is 9.94. The molecule has 4 heteroatoms. The molecule has 1 aromatic rings. The number of anilines is 2. The van der Waals surface area contributed by atoms with E-state index in [0.29, 0.717) is 17.5 Å². The summed E-state index contributed by atoms with van der Waals surface area (Å²) < 4.78 is 0. The fraction of sp³-hybridized carbons (Fsp3) is 0.588. The standard InChI is InChI=1S/C17H27N3O/c1-17(2)9-5-11-20(13-17)10-4-8-16(21)19-15-7-3-6-14(18)12-15/h3,6-7,12H,4-5,8-11,13,18H2,1-2H3,(H,19,21). The Balaban J connectivity index is 1.70. The maximum Gasteiger partial charge on any atom is 0.224 e. The summed E-state index contributed by atoms with van der Waals surface area (Å²) in [5.41, 5.74) is 7.56. The number of nitrogens with zero attached hydrogens (tertiary/aromatic N) is 1. The van der Waals surface area contributed by atoms with E-state index in [9.17, 15) is 4.79 Å². The average molecular weight is 289 g/mol. The van der Waals surface area contributed by atoms with Crippen LogP contribution in [0.1, 0.15) is 39.5 Å². The second kappa shape index (κ2) is 6.94. The van der Waals surface area contributed by atoms with Crippen LogP contribution in [0, 0.1) is 5.41 Å². The summed E-state index contributed by atoms with van der Waals surface area (Å²) in [5.74, 6) is 0.0665. The Kier molecular flexibility index (Phi) is 5.23. The van der Waals surface area contributed by atoms with Crippen LogP contribution in [0.15, 0.2) is 24.3 Å². The van der Waals surface area contributed by atoms with Crippen molar-refractivity contribution >= 4 is 17.3 Å². The van der Waals surface area contributed by atoms with Crippen molar-refractivity contribution in [2.24, 2.45) is 5.41 Å². The molecule has 1 aromatic carbocycles. The van der Waals surface area contributed by atoms with Crippen LogP contribution in [0.25, 0.3) is 0 Å². The van der Waals surface area contributed by atoms with Crippen molar-refractivity contribution in [1.29, 1.82) is 0 Å². The van der Waals surface area contributed by atoms with Gasteiger partial charge in [0.1, 0.15) is 0 Å². The van der Waals surface area contributed by atoms with E-state index in [1.807, 2.05) is 18.2 Å². The SMILES string of the molecule is CC1(C)CCCN(CCCC(=O)Nc2cccc(N)c2)C1. The Morgan fingerprint density at radius 1 is 1.43 bits per heavy atom. The molecule has 0 bridgehead atoms. The van der Waals surface area contributed by atoms with Gasteiger partial charge >= 0.3 is 0 Å². The second-order valence-corrected chi connectivity index (χ2v) is 6.82. The lowest BCUT2D eigenvalue weighted by Crippen LogP contribution is -2.40. The Hall–Kier alpha value is -1.55. The monoisotopic (exact) mass is 289 g/mol. The summed E-state index contributed by atoms with van der Waals surface area (Å²) in [6.07, 6.45) is 4.04. The summed E-state index contributed by atoms with van der Waals surface area (Å²) in [6, 6.07) is 7.31. The first-order valence-corrected chi connectivity index (χ1v) is 7.82. The van der Waals surface area contributed by atoms with Crippen LogP contribution in [0.3, 0.4) is 0 Å². The van der Waals surface area contributed by atoms with Gasteiger partial charge < -0.3 is 16.0 Å². The third-order valence-electron chi connectivity index (χ3n) is 4.03. The first kappa shape index (κ1) is 15.8. The molecule has 0 aromatic heterocycles. The minimum Gasteiger partial charge on any atom is -0.399 e. The molecule has 2 rings (SSSR count). The van der Waals surface area contributed by atoms with Gasteiger partial charge in [-0.2, -0.15) is 0 Å². The number of rotatable bonds is 5.